The molecule has 0 radical (unpaired) electrons. The van der Waals surface area contributed by atoms with Gasteiger partial charge in [-0.1, -0.05) is 35.5 Å². The van der Waals surface area contributed by atoms with Gasteiger partial charge < -0.3 is 9.57 Å². The van der Waals surface area contributed by atoms with E-state index in [2.05, 4.69) is 5.16 Å². The van der Waals surface area contributed by atoms with Crippen LogP contribution in [0.2, 0.25) is 0 Å². The Labute approximate surface area is 171 Å². The molecule has 0 spiro atoms. The van der Waals surface area contributed by atoms with Crippen molar-refractivity contribution in [1.82, 2.24) is 5.06 Å². The number of hydrogen-bond acceptors (Lipinski definition) is 6. The lowest BCUT2D eigenvalue weighted by atomic mass is 9.96. The van der Waals surface area contributed by atoms with Crippen molar-refractivity contribution >= 4 is 11.7 Å². The molecule has 1 heterocycles. The second kappa shape index (κ2) is 8.45. The summed E-state index contributed by atoms with van der Waals surface area (Å²) >= 11 is 0. The molecule has 6 nitrogen and oxygen atoms in total. The molecule has 0 aliphatic carbocycles. The van der Waals surface area contributed by atoms with Gasteiger partial charge in [0, 0.05) is 11.1 Å². The fourth-order valence-corrected chi connectivity index (χ4v) is 3.29. The van der Waals surface area contributed by atoms with Crippen LogP contribution >= 0.6 is 0 Å². The van der Waals surface area contributed by atoms with E-state index in [-0.39, 0.29) is 5.71 Å². The SMILES string of the molecule is CON=C(C(=O)OC)c1c(C)cccc1C1ON1C(C)c1cccc(C(F)(F)F)c1. The molecule has 1 aliphatic rings. The Hall–Kier alpha value is -2.91. The smallest absolute Gasteiger partial charge is 0.416 e. The lowest BCUT2D eigenvalue weighted by Gasteiger charge is -2.15. The van der Waals surface area contributed by atoms with Gasteiger partial charge in [0.1, 0.15) is 7.11 Å². The predicted octanol–water partition coefficient (Wildman–Crippen LogP) is 4.54. The highest BCUT2D eigenvalue weighted by atomic mass is 19.4. The summed E-state index contributed by atoms with van der Waals surface area (Å²) in [6.07, 6.45) is -4.99. The molecule has 2 aromatic carbocycles. The lowest BCUT2D eigenvalue weighted by molar-refractivity contribution is -0.137. The molecule has 0 saturated carbocycles. The Morgan fingerprint density at radius 2 is 1.90 bits per heavy atom. The topological polar surface area (TPSA) is 63.4 Å². The Morgan fingerprint density at radius 1 is 1.20 bits per heavy atom. The third kappa shape index (κ3) is 4.31. The van der Waals surface area contributed by atoms with Gasteiger partial charge >= 0.3 is 12.1 Å². The molecule has 3 atom stereocenters. The standard InChI is InChI=1S/C21H21F3N2O4/c1-12-7-5-10-16(17(12)18(25-29-4)20(27)28-3)19-26(30-19)13(2)14-8-6-9-15(11-14)21(22,23)24/h5-11,13,19H,1-4H3. The summed E-state index contributed by atoms with van der Waals surface area (Å²) in [5, 5.41) is 5.37. The summed E-state index contributed by atoms with van der Waals surface area (Å²) < 4.78 is 43.9. The minimum atomic E-state index is -4.43. The zero-order valence-electron chi connectivity index (χ0n) is 16.9. The molecule has 1 saturated heterocycles. The van der Waals surface area contributed by atoms with Crippen molar-refractivity contribution in [2.45, 2.75) is 32.3 Å². The van der Waals surface area contributed by atoms with Crippen LogP contribution < -0.4 is 0 Å². The number of halogens is 3. The maximum absolute atomic E-state index is 13.0. The molecule has 0 aromatic heterocycles. The molecule has 1 aliphatic heterocycles. The van der Waals surface area contributed by atoms with Crippen LogP contribution in [-0.4, -0.2) is 31.0 Å². The first-order chi connectivity index (χ1) is 14.2. The van der Waals surface area contributed by atoms with Crippen molar-refractivity contribution in [2.75, 3.05) is 14.2 Å². The Morgan fingerprint density at radius 3 is 2.53 bits per heavy atom. The van der Waals surface area contributed by atoms with Crippen LogP contribution in [0.4, 0.5) is 13.2 Å². The summed E-state index contributed by atoms with van der Waals surface area (Å²) in [6, 6.07) is 10.0. The summed E-state index contributed by atoms with van der Waals surface area (Å²) in [6.45, 7) is 3.55. The number of oxime groups is 1. The molecule has 9 heteroatoms. The van der Waals surface area contributed by atoms with E-state index >= 15 is 0 Å². The summed E-state index contributed by atoms with van der Waals surface area (Å²) in [4.78, 5) is 22.7. The Balaban J connectivity index is 1.92. The number of hydroxylamine groups is 2. The maximum atomic E-state index is 13.0. The van der Waals surface area contributed by atoms with E-state index in [9.17, 15) is 18.0 Å². The van der Waals surface area contributed by atoms with Crippen molar-refractivity contribution in [3.63, 3.8) is 0 Å². The number of methoxy groups -OCH3 is 1. The number of rotatable bonds is 6. The second-order valence-corrected chi connectivity index (χ2v) is 6.77. The molecule has 0 bridgehead atoms. The number of carbonyl (C=O) groups excluding carboxylic acids is 1. The van der Waals surface area contributed by atoms with E-state index in [0.29, 0.717) is 16.7 Å². The van der Waals surface area contributed by atoms with Crippen LogP contribution in [0, 0.1) is 6.92 Å². The minimum absolute atomic E-state index is 0.0183. The zero-order valence-corrected chi connectivity index (χ0v) is 16.9. The third-order valence-corrected chi connectivity index (χ3v) is 4.85. The molecule has 1 fully saturated rings. The minimum Gasteiger partial charge on any atom is -0.464 e. The normalized spacial score (nSPS) is 19.9. The first kappa shape index (κ1) is 21.8. The molecule has 160 valence electrons. The van der Waals surface area contributed by atoms with E-state index in [4.69, 9.17) is 14.4 Å². The second-order valence-electron chi connectivity index (χ2n) is 6.77. The molecule has 0 N–H and O–H groups in total. The van der Waals surface area contributed by atoms with E-state index in [1.54, 1.807) is 43.2 Å². The molecule has 0 amide bonds. The van der Waals surface area contributed by atoms with Gasteiger partial charge in [-0.25, -0.2) is 4.79 Å². The summed E-state index contributed by atoms with van der Waals surface area (Å²) in [7, 11) is 2.55. The first-order valence-corrected chi connectivity index (χ1v) is 9.10. The highest BCUT2D eigenvalue weighted by Gasteiger charge is 2.45. The highest BCUT2D eigenvalue weighted by molar-refractivity contribution is 6.43. The average Bonchev–Trinajstić information content (AvgIpc) is 3.51. The fraction of sp³-hybridized carbons (Fsp3) is 0.333. The number of aryl methyl sites for hydroxylation is 1. The number of hydrogen-bond donors (Lipinski definition) is 0. The number of carbonyl (C=O) groups is 1. The van der Waals surface area contributed by atoms with E-state index in [0.717, 1.165) is 17.7 Å². The van der Waals surface area contributed by atoms with Crippen molar-refractivity contribution in [2.24, 2.45) is 5.16 Å². The number of ether oxygens (including phenoxy) is 1. The summed E-state index contributed by atoms with van der Waals surface area (Å²) in [5.41, 5.74) is 1.60. The van der Waals surface area contributed by atoms with Gasteiger partial charge in [-0.15, -0.1) is 5.06 Å². The Bertz CT molecular complexity index is 975. The first-order valence-electron chi connectivity index (χ1n) is 9.10. The molecule has 30 heavy (non-hydrogen) atoms. The van der Waals surface area contributed by atoms with Crippen LogP contribution in [-0.2, 0) is 25.4 Å². The van der Waals surface area contributed by atoms with Crippen molar-refractivity contribution in [3.05, 3.63) is 70.3 Å². The zero-order chi connectivity index (χ0) is 22.1. The van der Waals surface area contributed by atoms with Crippen LogP contribution in [0.3, 0.4) is 0 Å². The Kier molecular flexibility index (Phi) is 6.14. The van der Waals surface area contributed by atoms with Gasteiger partial charge in [-0.05, 0) is 37.1 Å². The monoisotopic (exact) mass is 422 g/mol. The van der Waals surface area contributed by atoms with E-state index in [1.807, 2.05) is 0 Å². The van der Waals surface area contributed by atoms with Gasteiger partial charge in [-0.3, -0.25) is 4.84 Å². The predicted molar refractivity (Wildman–Crippen MR) is 102 cm³/mol. The number of alkyl halides is 3. The maximum Gasteiger partial charge on any atom is 0.416 e. The molecule has 3 unspecified atom stereocenters. The average molecular weight is 422 g/mol. The highest BCUT2D eigenvalue weighted by Crippen LogP contribution is 2.46. The van der Waals surface area contributed by atoms with E-state index < -0.39 is 30.0 Å². The van der Waals surface area contributed by atoms with Gasteiger partial charge in [0.2, 0.25) is 0 Å². The van der Waals surface area contributed by atoms with Gasteiger partial charge in [-0.2, -0.15) is 13.2 Å². The van der Waals surface area contributed by atoms with Crippen molar-refractivity contribution in [3.8, 4) is 0 Å². The van der Waals surface area contributed by atoms with Crippen molar-refractivity contribution < 1.29 is 32.4 Å². The molecule has 2 aromatic rings. The van der Waals surface area contributed by atoms with Crippen molar-refractivity contribution in [1.29, 1.82) is 0 Å². The number of esters is 1. The van der Waals surface area contributed by atoms with Gasteiger partial charge in [0.15, 0.2) is 11.9 Å². The lowest BCUT2D eigenvalue weighted by Crippen LogP contribution is -2.21. The van der Waals surface area contributed by atoms with Crippen LogP contribution in [0.1, 0.15) is 47.0 Å². The fourth-order valence-electron chi connectivity index (χ4n) is 3.29. The number of benzene rings is 2. The van der Waals surface area contributed by atoms with Gasteiger partial charge in [0.25, 0.3) is 0 Å². The van der Waals surface area contributed by atoms with Crippen LogP contribution in [0.25, 0.3) is 0 Å². The third-order valence-electron chi connectivity index (χ3n) is 4.85. The van der Waals surface area contributed by atoms with Crippen LogP contribution in [0.5, 0.6) is 0 Å². The summed E-state index contributed by atoms with van der Waals surface area (Å²) in [5.74, 6) is -0.675. The number of nitrogens with zero attached hydrogens (tertiary/aromatic N) is 2. The molecule has 3 rings (SSSR count). The molecular formula is C21H21F3N2O4. The largest absolute Gasteiger partial charge is 0.464 e. The molecular weight excluding hydrogens is 401 g/mol. The van der Waals surface area contributed by atoms with Gasteiger partial charge in [0.05, 0.1) is 18.7 Å². The van der Waals surface area contributed by atoms with E-state index in [1.165, 1.54) is 20.3 Å². The quantitative estimate of drug-likeness (QED) is 0.296. The van der Waals surface area contributed by atoms with Crippen LogP contribution in [0.15, 0.2) is 47.6 Å².